The van der Waals surface area contributed by atoms with Crippen molar-refractivity contribution < 1.29 is 44.2 Å². The van der Waals surface area contributed by atoms with Crippen molar-refractivity contribution in [1.29, 1.82) is 0 Å². The largest absolute Gasteiger partial charge is 0.457 e. The number of unbranched alkanes of at least 4 members (excludes halogenated alkanes) is 9. The van der Waals surface area contributed by atoms with Gasteiger partial charge in [0.15, 0.2) is 6.29 Å². The molecule has 6 atom stereocenters. The fraction of sp³-hybridized carbons (Fsp3) is 0.590. The predicted octanol–water partition coefficient (Wildman–Crippen LogP) is 13.8. The van der Waals surface area contributed by atoms with Gasteiger partial charge >= 0.3 is 5.97 Å². The summed E-state index contributed by atoms with van der Waals surface area (Å²) >= 11 is 0. The number of rotatable bonds is 44. The van der Waals surface area contributed by atoms with Gasteiger partial charge in [0.1, 0.15) is 30.5 Å². The summed E-state index contributed by atoms with van der Waals surface area (Å²) in [6, 6.07) is 0. The van der Waals surface area contributed by atoms with E-state index in [2.05, 4.69) is 160 Å². The lowest BCUT2D eigenvalue weighted by Gasteiger charge is -2.39. The van der Waals surface area contributed by atoms with Crippen molar-refractivity contribution in [2.45, 2.75) is 205 Å². The first kappa shape index (κ1) is 64.1. The molecule has 0 aliphatic carbocycles. The van der Waals surface area contributed by atoms with E-state index >= 15 is 0 Å². The molecule has 1 aliphatic heterocycles. The third-order valence-corrected chi connectivity index (χ3v) is 11.3. The maximum Gasteiger partial charge on any atom is 0.306 e. The van der Waals surface area contributed by atoms with Crippen molar-refractivity contribution in [2.75, 3.05) is 26.4 Å². The monoisotopic (exact) mass is 973 g/mol. The molecule has 1 heterocycles. The summed E-state index contributed by atoms with van der Waals surface area (Å²) in [6.07, 6.45) is 68.7. The molecule has 1 fully saturated rings. The smallest absolute Gasteiger partial charge is 0.306 e. The molecule has 0 bridgehead atoms. The van der Waals surface area contributed by atoms with Crippen LogP contribution in [0.15, 0.2) is 146 Å². The van der Waals surface area contributed by atoms with Gasteiger partial charge in [-0.05, 0) is 116 Å². The third kappa shape index (κ3) is 39.8. The highest BCUT2D eigenvalue weighted by atomic mass is 16.7. The zero-order chi connectivity index (χ0) is 50.6. The molecular weight excluding hydrogens is 877 g/mol. The molecular formula is C61H96O9. The minimum absolute atomic E-state index is 0.109. The molecule has 0 spiro atoms. The van der Waals surface area contributed by atoms with E-state index in [-0.39, 0.29) is 25.6 Å². The van der Waals surface area contributed by atoms with E-state index in [1.807, 2.05) is 0 Å². The van der Waals surface area contributed by atoms with E-state index in [1.54, 1.807) is 0 Å². The van der Waals surface area contributed by atoms with Crippen LogP contribution in [0.5, 0.6) is 0 Å². The maximum absolute atomic E-state index is 12.9. The Balaban J connectivity index is 2.26. The van der Waals surface area contributed by atoms with Crippen LogP contribution in [0, 0.1) is 0 Å². The van der Waals surface area contributed by atoms with Gasteiger partial charge in [-0.3, -0.25) is 4.79 Å². The molecule has 9 heteroatoms. The zero-order valence-corrected chi connectivity index (χ0v) is 43.4. The van der Waals surface area contributed by atoms with E-state index < -0.39 is 43.4 Å². The fourth-order valence-corrected chi connectivity index (χ4v) is 7.14. The quantitative estimate of drug-likeness (QED) is 0.0267. The average Bonchev–Trinajstić information content (AvgIpc) is 3.36. The van der Waals surface area contributed by atoms with Crippen LogP contribution >= 0.6 is 0 Å². The van der Waals surface area contributed by atoms with Gasteiger partial charge in [0.2, 0.25) is 0 Å². The summed E-state index contributed by atoms with van der Waals surface area (Å²) in [4.78, 5) is 12.9. The Hall–Kier alpha value is -3.93. The normalized spacial score (nSPS) is 20.1. The van der Waals surface area contributed by atoms with E-state index in [0.717, 1.165) is 141 Å². The minimum atomic E-state index is -1.56. The second-order valence-corrected chi connectivity index (χ2v) is 17.6. The molecule has 0 amide bonds. The van der Waals surface area contributed by atoms with Gasteiger partial charge in [-0.25, -0.2) is 0 Å². The molecule has 4 N–H and O–H groups in total. The summed E-state index contributed by atoms with van der Waals surface area (Å²) in [7, 11) is 0. The van der Waals surface area contributed by atoms with Gasteiger partial charge in [-0.15, -0.1) is 0 Å². The van der Waals surface area contributed by atoms with Gasteiger partial charge < -0.3 is 39.4 Å². The van der Waals surface area contributed by atoms with E-state index in [1.165, 1.54) is 0 Å². The Morgan fingerprint density at radius 1 is 0.457 bits per heavy atom. The number of ether oxygens (including phenoxy) is 4. The molecule has 0 saturated carbocycles. The second-order valence-electron chi connectivity index (χ2n) is 17.6. The lowest BCUT2D eigenvalue weighted by Crippen LogP contribution is -2.59. The van der Waals surface area contributed by atoms with Crippen molar-refractivity contribution in [3.05, 3.63) is 146 Å². The Morgan fingerprint density at radius 2 is 0.829 bits per heavy atom. The van der Waals surface area contributed by atoms with Crippen LogP contribution in [0.25, 0.3) is 0 Å². The van der Waals surface area contributed by atoms with Gasteiger partial charge in [-0.1, -0.05) is 192 Å². The van der Waals surface area contributed by atoms with Crippen LogP contribution < -0.4 is 0 Å². The molecule has 9 nitrogen and oxygen atoms in total. The van der Waals surface area contributed by atoms with E-state index in [0.29, 0.717) is 13.0 Å². The highest BCUT2D eigenvalue weighted by Gasteiger charge is 2.44. The minimum Gasteiger partial charge on any atom is -0.457 e. The van der Waals surface area contributed by atoms with Crippen molar-refractivity contribution in [3.8, 4) is 0 Å². The van der Waals surface area contributed by atoms with Crippen molar-refractivity contribution in [1.82, 2.24) is 0 Å². The first-order chi connectivity index (χ1) is 34.4. The summed E-state index contributed by atoms with van der Waals surface area (Å²) in [5.41, 5.74) is 0. The Labute approximate surface area is 425 Å². The van der Waals surface area contributed by atoms with Crippen molar-refractivity contribution >= 4 is 5.97 Å². The van der Waals surface area contributed by atoms with Crippen LogP contribution in [0.3, 0.4) is 0 Å². The molecule has 1 rings (SSSR count). The number of aliphatic hydroxyl groups excluding tert-OH is 4. The van der Waals surface area contributed by atoms with Crippen LogP contribution in [0.1, 0.15) is 168 Å². The third-order valence-electron chi connectivity index (χ3n) is 11.3. The topological polar surface area (TPSA) is 135 Å². The maximum atomic E-state index is 12.9. The number of carbonyl (C=O) groups excluding carboxylic acids is 1. The first-order valence-electron chi connectivity index (χ1n) is 26.9. The summed E-state index contributed by atoms with van der Waals surface area (Å²) in [5, 5.41) is 40.3. The van der Waals surface area contributed by atoms with Crippen LogP contribution in [-0.4, -0.2) is 89.6 Å². The standard InChI is InChI=1S/C61H96O9/c1-3-5-7-9-11-13-15-17-19-21-23-25-27-29-31-33-35-37-39-41-43-45-47-49-51-67-53-55(54-68-61-60(66)59(65)58(64)56(52-62)70-61)69-57(63)50-48-46-44-42-40-38-36-34-32-30-28-26-24-22-20-18-16-14-12-10-8-6-4-2/h5-8,11-14,17-20,23-26,29-32,35-38,55-56,58-62,64-66H,3-4,9-10,15-16,21-22,27-28,33-34,39-54H2,1-2H3/b7-5-,8-6-,13-11-,14-12-,19-17-,20-18-,25-23-,26-24-,31-29-,32-30-,37-35-,38-36-. The highest BCUT2D eigenvalue weighted by molar-refractivity contribution is 5.69. The Bertz CT molecular complexity index is 1580. The van der Waals surface area contributed by atoms with Crippen LogP contribution in [0.4, 0.5) is 0 Å². The number of hydrogen-bond donors (Lipinski definition) is 4. The SMILES string of the molecule is CC/C=C\C/C=C\C/C=C\C/C=C\C/C=C\C/C=C\CCCCCCCOCC(COC1OC(CO)C(O)C(O)C1O)OC(=O)CCCCCC/C=C\C/C=C\C/C=C\C/C=C\C/C=C\C/C=C\CC. The number of esters is 1. The number of aliphatic hydroxyl groups is 4. The molecule has 6 unspecified atom stereocenters. The molecule has 394 valence electrons. The molecule has 0 aromatic rings. The molecule has 1 aliphatic rings. The van der Waals surface area contributed by atoms with Crippen LogP contribution in [0.2, 0.25) is 0 Å². The molecule has 1 saturated heterocycles. The zero-order valence-electron chi connectivity index (χ0n) is 43.4. The molecule has 70 heavy (non-hydrogen) atoms. The predicted molar refractivity (Wildman–Crippen MR) is 292 cm³/mol. The molecule has 0 aromatic heterocycles. The average molecular weight is 973 g/mol. The lowest BCUT2D eigenvalue weighted by molar-refractivity contribution is -0.305. The summed E-state index contributed by atoms with van der Waals surface area (Å²) in [5.74, 6) is -0.352. The summed E-state index contributed by atoms with van der Waals surface area (Å²) in [6.45, 7) is 4.22. The van der Waals surface area contributed by atoms with E-state index in [9.17, 15) is 25.2 Å². The number of hydrogen-bond acceptors (Lipinski definition) is 9. The lowest BCUT2D eigenvalue weighted by atomic mass is 9.99. The van der Waals surface area contributed by atoms with Gasteiger partial charge in [-0.2, -0.15) is 0 Å². The van der Waals surface area contributed by atoms with Crippen molar-refractivity contribution in [3.63, 3.8) is 0 Å². The van der Waals surface area contributed by atoms with Gasteiger partial charge in [0.05, 0.1) is 19.8 Å². The summed E-state index contributed by atoms with van der Waals surface area (Å²) < 4.78 is 22.9. The first-order valence-corrected chi connectivity index (χ1v) is 26.9. The number of carbonyl (C=O) groups is 1. The Morgan fingerprint density at radius 3 is 1.24 bits per heavy atom. The highest BCUT2D eigenvalue weighted by Crippen LogP contribution is 2.22. The number of allylic oxidation sites excluding steroid dienone is 24. The van der Waals surface area contributed by atoms with Crippen molar-refractivity contribution in [2.24, 2.45) is 0 Å². The van der Waals surface area contributed by atoms with Gasteiger partial charge in [0.25, 0.3) is 0 Å². The Kier molecular flexibility index (Phi) is 45.8. The molecule has 0 radical (unpaired) electrons. The van der Waals surface area contributed by atoms with Gasteiger partial charge in [0, 0.05) is 13.0 Å². The fourth-order valence-electron chi connectivity index (χ4n) is 7.14. The molecule has 0 aromatic carbocycles. The van der Waals surface area contributed by atoms with Crippen LogP contribution in [-0.2, 0) is 23.7 Å². The van der Waals surface area contributed by atoms with E-state index in [4.69, 9.17) is 18.9 Å². The second kappa shape index (κ2) is 50.0.